The van der Waals surface area contributed by atoms with Crippen LogP contribution in [0.15, 0.2) is 53.0 Å². The number of aromatic nitrogens is 2. The smallest absolute Gasteiger partial charge is 0.267 e. The van der Waals surface area contributed by atoms with Crippen molar-refractivity contribution in [2.45, 2.75) is 31.2 Å². The maximum atomic E-state index is 13.1. The first-order valence-corrected chi connectivity index (χ1v) is 13.9. The van der Waals surface area contributed by atoms with Crippen LogP contribution in [0, 0.1) is 0 Å². The zero-order chi connectivity index (χ0) is 22.7. The molecular weight excluding hydrogens is 464 g/mol. The maximum absolute atomic E-state index is 13.1. The van der Waals surface area contributed by atoms with Crippen LogP contribution in [-0.4, -0.2) is 52.8 Å². The van der Waals surface area contributed by atoms with Crippen molar-refractivity contribution >= 4 is 44.7 Å². The molecule has 3 heterocycles. The summed E-state index contributed by atoms with van der Waals surface area (Å²) in [5, 5.41) is 4.53. The van der Waals surface area contributed by atoms with Crippen LogP contribution in [0.5, 0.6) is 0 Å². The molecule has 1 amide bonds. The third kappa shape index (κ3) is 4.93. The first-order valence-electron chi connectivity index (χ1n) is 10.4. The molecule has 0 bridgehead atoms. The molecule has 170 valence electrons. The second kappa shape index (κ2) is 9.78. The van der Waals surface area contributed by atoms with E-state index in [0.29, 0.717) is 31.2 Å². The number of thiophene rings is 1. The number of sulfonamides is 1. The van der Waals surface area contributed by atoms with Gasteiger partial charge in [-0.15, -0.1) is 11.3 Å². The highest BCUT2D eigenvalue weighted by Gasteiger charge is 2.31. The first kappa shape index (κ1) is 23.0. The quantitative estimate of drug-likeness (QED) is 0.539. The van der Waals surface area contributed by atoms with Gasteiger partial charge in [0.25, 0.3) is 5.91 Å². The van der Waals surface area contributed by atoms with Gasteiger partial charge >= 0.3 is 0 Å². The van der Waals surface area contributed by atoms with Crippen molar-refractivity contribution in [2.24, 2.45) is 0 Å². The Balaban J connectivity index is 1.51. The maximum Gasteiger partial charge on any atom is 0.267 e. The summed E-state index contributed by atoms with van der Waals surface area (Å²) in [6.07, 6.45) is 3.74. The van der Waals surface area contributed by atoms with E-state index in [-0.39, 0.29) is 9.77 Å². The number of thioether (sulfide) groups is 1. The Hall–Kier alpha value is -2.14. The fraction of sp³-hybridized carbons (Fsp3) is 0.364. The zero-order valence-electron chi connectivity index (χ0n) is 18.0. The molecule has 0 spiro atoms. The van der Waals surface area contributed by atoms with Crippen molar-refractivity contribution in [1.82, 2.24) is 13.9 Å². The summed E-state index contributed by atoms with van der Waals surface area (Å²) in [5.74, 6) is 2.45. The summed E-state index contributed by atoms with van der Waals surface area (Å²) in [5.41, 5.74) is 1.65. The second-order valence-corrected chi connectivity index (χ2v) is 11.9. The number of hydrogen-bond acceptors (Lipinski definition) is 6. The van der Waals surface area contributed by atoms with E-state index in [9.17, 15) is 13.2 Å². The summed E-state index contributed by atoms with van der Waals surface area (Å²) < 4.78 is 29.7. The molecule has 3 aromatic rings. The van der Waals surface area contributed by atoms with Gasteiger partial charge in [0.15, 0.2) is 0 Å². The molecule has 0 radical (unpaired) electrons. The molecule has 1 N–H and O–H groups in total. The summed E-state index contributed by atoms with van der Waals surface area (Å²) in [6.45, 7) is 5.79. The lowest BCUT2D eigenvalue weighted by molar-refractivity contribution is 0.102. The number of hydrogen-bond donors (Lipinski definition) is 1. The lowest BCUT2D eigenvalue weighted by atomic mass is 10.1. The molecule has 0 atom stereocenters. The number of nitrogens with one attached hydrogen (secondary N) is 1. The Bertz CT molecular complexity index is 1190. The van der Waals surface area contributed by atoms with Crippen molar-refractivity contribution < 1.29 is 13.2 Å². The van der Waals surface area contributed by atoms with Crippen LogP contribution in [0.1, 0.15) is 40.8 Å². The molecular formula is C22H26N4O3S3. The minimum atomic E-state index is -3.68. The monoisotopic (exact) mass is 490 g/mol. The average molecular weight is 491 g/mol. The highest BCUT2D eigenvalue weighted by molar-refractivity contribution is 7.99. The van der Waals surface area contributed by atoms with Crippen LogP contribution in [0.2, 0.25) is 0 Å². The Labute approximate surface area is 196 Å². The summed E-state index contributed by atoms with van der Waals surface area (Å²) in [6, 6.07) is 9.12. The van der Waals surface area contributed by atoms with Gasteiger partial charge in [0.05, 0.1) is 0 Å². The van der Waals surface area contributed by atoms with E-state index >= 15 is 0 Å². The van der Waals surface area contributed by atoms with Gasteiger partial charge in [-0.3, -0.25) is 4.79 Å². The molecule has 0 aliphatic carbocycles. The van der Waals surface area contributed by atoms with Gasteiger partial charge in [0.2, 0.25) is 10.0 Å². The predicted octanol–water partition coefficient (Wildman–Crippen LogP) is 4.11. The van der Waals surface area contributed by atoms with E-state index in [1.165, 1.54) is 10.4 Å². The van der Waals surface area contributed by atoms with Crippen molar-refractivity contribution in [2.75, 3.05) is 29.9 Å². The molecule has 1 aliphatic heterocycles. The summed E-state index contributed by atoms with van der Waals surface area (Å²) in [4.78, 5) is 17.7. The zero-order valence-corrected chi connectivity index (χ0v) is 20.5. The van der Waals surface area contributed by atoms with Crippen molar-refractivity contribution in [3.63, 3.8) is 0 Å². The van der Waals surface area contributed by atoms with Gasteiger partial charge in [-0.1, -0.05) is 26.0 Å². The molecule has 4 rings (SSSR count). The lowest BCUT2D eigenvalue weighted by Crippen LogP contribution is -2.38. The molecule has 0 saturated carbocycles. The fourth-order valence-electron chi connectivity index (χ4n) is 3.68. The van der Waals surface area contributed by atoms with Gasteiger partial charge in [-0.25, -0.2) is 13.4 Å². The van der Waals surface area contributed by atoms with Crippen molar-refractivity contribution in [1.29, 1.82) is 0 Å². The molecule has 1 aliphatic rings. The van der Waals surface area contributed by atoms with Gasteiger partial charge in [-0.2, -0.15) is 16.1 Å². The third-order valence-electron chi connectivity index (χ3n) is 5.23. The van der Waals surface area contributed by atoms with Crippen molar-refractivity contribution in [3.05, 3.63) is 64.4 Å². The van der Waals surface area contributed by atoms with Gasteiger partial charge in [-0.05, 0) is 29.1 Å². The number of nitrogens with zero attached hydrogens (tertiary/aromatic N) is 3. The van der Waals surface area contributed by atoms with E-state index in [2.05, 4.69) is 28.7 Å². The predicted molar refractivity (Wildman–Crippen MR) is 130 cm³/mol. The van der Waals surface area contributed by atoms with E-state index in [1.54, 1.807) is 23.3 Å². The van der Waals surface area contributed by atoms with E-state index in [1.807, 2.05) is 30.5 Å². The molecule has 1 fully saturated rings. The highest BCUT2D eigenvalue weighted by atomic mass is 32.2. The van der Waals surface area contributed by atoms with E-state index < -0.39 is 15.9 Å². The Kier molecular flexibility index (Phi) is 7.04. The van der Waals surface area contributed by atoms with Gasteiger partial charge < -0.3 is 9.88 Å². The average Bonchev–Trinajstić information content (AvgIpc) is 3.45. The topological polar surface area (TPSA) is 84.3 Å². The lowest BCUT2D eigenvalue weighted by Gasteiger charge is -2.25. The minimum absolute atomic E-state index is 0.0862. The molecule has 1 aromatic carbocycles. The van der Waals surface area contributed by atoms with Crippen molar-refractivity contribution in [3.8, 4) is 0 Å². The number of imidazole rings is 1. The Morgan fingerprint density at radius 2 is 2.00 bits per heavy atom. The number of rotatable bonds is 7. The van der Waals surface area contributed by atoms with Crippen LogP contribution in [0.3, 0.4) is 0 Å². The number of anilines is 1. The highest BCUT2D eigenvalue weighted by Crippen LogP contribution is 2.28. The van der Waals surface area contributed by atoms with Crippen LogP contribution >= 0.6 is 23.1 Å². The van der Waals surface area contributed by atoms with Crippen LogP contribution in [0.4, 0.5) is 5.69 Å². The first-order chi connectivity index (χ1) is 15.4. The molecule has 0 unspecified atom stereocenters. The Morgan fingerprint density at radius 3 is 2.75 bits per heavy atom. The Morgan fingerprint density at radius 1 is 1.22 bits per heavy atom. The van der Waals surface area contributed by atoms with Crippen LogP contribution in [-0.2, 0) is 16.6 Å². The standard InChI is InChI=1S/C22H26N4O3S3/c1-16(2)21-23-7-8-25(21)15-17-4-3-5-18(14-17)24-22(27)20-19(6-11-31-20)32(28,29)26-9-12-30-13-10-26/h3-8,11,14,16H,9-10,12-13,15H2,1-2H3,(H,24,27). The molecule has 2 aromatic heterocycles. The molecule has 32 heavy (non-hydrogen) atoms. The number of amides is 1. The molecule has 7 nitrogen and oxygen atoms in total. The second-order valence-electron chi connectivity index (χ2n) is 7.85. The van der Waals surface area contributed by atoms with E-state index in [4.69, 9.17) is 0 Å². The summed E-state index contributed by atoms with van der Waals surface area (Å²) in [7, 11) is -3.68. The largest absolute Gasteiger partial charge is 0.330 e. The third-order valence-corrected chi connectivity index (χ3v) is 9.15. The van der Waals surface area contributed by atoms with Gasteiger partial charge in [0.1, 0.15) is 15.6 Å². The molecule has 1 saturated heterocycles. The summed E-state index contributed by atoms with van der Waals surface area (Å²) >= 11 is 2.89. The normalized spacial score (nSPS) is 15.2. The van der Waals surface area contributed by atoms with Gasteiger partial charge in [0, 0.05) is 55.1 Å². The number of benzene rings is 1. The number of carbonyl (C=O) groups excluding carboxylic acids is 1. The van der Waals surface area contributed by atoms with E-state index in [0.717, 1.165) is 34.2 Å². The minimum Gasteiger partial charge on any atom is -0.330 e. The number of carbonyl (C=O) groups is 1. The SMILES string of the molecule is CC(C)c1nccn1Cc1cccc(NC(=O)c2sccc2S(=O)(=O)N2CCSCC2)c1. The van der Waals surface area contributed by atoms with Crippen LogP contribution < -0.4 is 5.32 Å². The van der Waals surface area contributed by atoms with Crippen LogP contribution in [0.25, 0.3) is 0 Å². The fourth-order valence-corrected chi connectivity index (χ4v) is 7.55. The molecule has 10 heteroatoms.